The molecule has 1 aromatic heterocycles. The molecule has 3 aromatic carbocycles. The van der Waals surface area contributed by atoms with E-state index in [2.05, 4.69) is 72.4 Å². The molecule has 0 amide bonds. The fourth-order valence-electron chi connectivity index (χ4n) is 4.50. The third-order valence-electron chi connectivity index (χ3n) is 6.52. The zero-order valence-electron chi connectivity index (χ0n) is 18.3. The molecule has 1 aliphatic rings. The molecule has 1 fully saturated rings. The zero-order chi connectivity index (χ0) is 22.1. The molecular formula is C29H25NO2. The number of carbonyl (C=O) groups excluding carboxylic acids is 1. The number of carbonyl (C=O) groups is 1. The van der Waals surface area contributed by atoms with Crippen LogP contribution in [0.4, 0.5) is 0 Å². The van der Waals surface area contributed by atoms with Crippen LogP contribution < -0.4 is 0 Å². The van der Waals surface area contributed by atoms with Crippen LogP contribution in [0.5, 0.6) is 0 Å². The van der Waals surface area contributed by atoms with Gasteiger partial charge in [-0.25, -0.2) is 4.79 Å². The second kappa shape index (κ2) is 8.05. The van der Waals surface area contributed by atoms with E-state index < -0.39 is 0 Å². The predicted molar refractivity (Wildman–Crippen MR) is 128 cm³/mol. The Bertz CT molecular complexity index is 1350. The lowest BCUT2D eigenvalue weighted by Gasteiger charge is -2.23. The summed E-state index contributed by atoms with van der Waals surface area (Å²) in [4.78, 5) is 15.5. The Morgan fingerprint density at radius 1 is 1.03 bits per heavy atom. The van der Waals surface area contributed by atoms with E-state index in [9.17, 15) is 4.79 Å². The van der Waals surface area contributed by atoms with Gasteiger partial charge in [0.15, 0.2) is 0 Å². The quantitative estimate of drug-likeness (QED) is 0.310. The summed E-state index contributed by atoms with van der Waals surface area (Å²) in [6.07, 6.45) is 4.38. The maximum atomic E-state index is 12.1. The number of nitrogens with one attached hydrogen (secondary N) is 1. The first kappa shape index (κ1) is 20.2. The summed E-state index contributed by atoms with van der Waals surface area (Å²) in [6.45, 7) is 2.23. The van der Waals surface area contributed by atoms with E-state index in [0.717, 1.165) is 40.4 Å². The minimum atomic E-state index is -0.324. The standard InChI is InChI=1S/C29H25NO2/c1-29(23-13-14-23,26-19-30-27-15-12-22(18-25(26)27)28(31)32-2)17-16-21-10-6-7-11-24(21)20-8-4-3-5-9-20/h3-12,15,18-19,23,30H,13-14H2,1-2H3. The molecule has 0 saturated heterocycles. The Hall–Kier alpha value is -3.77. The molecule has 32 heavy (non-hydrogen) atoms. The predicted octanol–water partition coefficient (Wildman–Crippen LogP) is 6.34. The van der Waals surface area contributed by atoms with E-state index in [4.69, 9.17) is 4.74 Å². The molecule has 1 aliphatic carbocycles. The Kier molecular flexibility index (Phi) is 5.07. The number of esters is 1. The summed E-state index contributed by atoms with van der Waals surface area (Å²) in [7, 11) is 1.41. The summed E-state index contributed by atoms with van der Waals surface area (Å²) in [5.41, 5.74) is 5.74. The molecule has 1 unspecified atom stereocenters. The Labute approximate surface area is 188 Å². The lowest BCUT2D eigenvalue weighted by molar-refractivity contribution is 0.0601. The van der Waals surface area contributed by atoms with Crippen LogP contribution in [0.25, 0.3) is 22.0 Å². The smallest absolute Gasteiger partial charge is 0.337 e. The first-order chi connectivity index (χ1) is 15.6. The fraction of sp³-hybridized carbons (Fsp3) is 0.207. The van der Waals surface area contributed by atoms with Crippen LogP contribution >= 0.6 is 0 Å². The first-order valence-corrected chi connectivity index (χ1v) is 11.0. The second-order valence-electron chi connectivity index (χ2n) is 8.59. The Balaban J connectivity index is 1.61. The van der Waals surface area contributed by atoms with Crippen molar-refractivity contribution in [1.29, 1.82) is 0 Å². The van der Waals surface area contributed by atoms with Crippen molar-refractivity contribution in [2.45, 2.75) is 25.2 Å². The van der Waals surface area contributed by atoms with Crippen molar-refractivity contribution in [1.82, 2.24) is 4.98 Å². The van der Waals surface area contributed by atoms with Gasteiger partial charge in [-0.2, -0.15) is 0 Å². The van der Waals surface area contributed by atoms with Crippen LogP contribution in [0.15, 0.2) is 79.0 Å². The van der Waals surface area contributed by atoms with Gasteiger partial charge in [0.2, 0.25) is 0 Å². The minimum absolute atomic E-state index is 0.309. The average molecular weight is 420 g/mol. The molecule has 158 valence electrons. The van der Waals surface area contributed by atoms with Gasteiger partial charge in [-0.05, 0) is 66.6 Å². The maximum Gasteiger partial charge on any atom is 0.337 e. The van der Waals surface area contributed by atoms with Crippen molar-refractivity contribution in [2.75, 3.05) is 7.11 Å². The van der Waals surface area contributed by atoms with E-state index in [1.165, 1.54) is 12.7 Å². The second-order valence-corrected chi connectivity index (χ2v) is 8.59. The van der Waals surface area contributed by atoms with Crippen LogP contribution in [0.2, 0.25) is 0 Å². The van der Waals surface area contributed by atoms with E-state index in [1.807, 2.05) is 24.3 Å². The summed E-state index contributed by atoms with van der Waals surface area (Å²) >= 11 is 0. The van der Waals surface area contributed by atoms with Crippen molar-refractivity contribution in [2.24, 2.45) is 5.92 Å². The van der Waals surface area contributed by atoms with Crippen molar-refractivity contribution < 1.29 is 9.53 Å². The molecule has 0 bridgehead atoms. The number of hydrogen-bond donors (Lipinski definition) is 1. The van der Waals surface area contributed by atoms with Gasteiger partial charge in [0.05, 0.1) is 18.1 Å². The van der Waals surface area contributed by atoms with Gasteiger partial charge < -0.3 is 9.72 Å². The molecule has 1 heterocycles. The van der Waals surface area contributed by atoms with Crippen LogP contribution in [0.3, 0.4) is 0 Å². The number of ether oxygens (including phenoxy) is 1. The molecule has 0 radical (unpaired) electrons. The molecule has 3 heteroatoms. The van der Waals surface area contributed by atoms with Crippen LogP contribution in [0, 0.1) is 17.8 Å². The van der Waals surface area contributed by atoms with E-state index in [-0.39, 0.29) is 11.4 Å². The van der Waals surface area contributed by atoms with Crippen LogP contribution in [0.1, 0.15) is 41.3 Å². The molecular weight excluding hydrogens is 394 g/mol. The molecule has 0 aliphatic heterocycles. The van der Waals surface area contributed by atoms with Crippen molar-refractivity contribution in [3.8, 4) is 23.0 Å². The lowest BCUT2D eigenvalue weighted by atomic mass is 9.78. The third kappa shape index (κ3) is 3.59. The molecule has 1 N–H and O–H groups in total. The highest BCUT2D eigenvalue weighted by atomic mass is 16.5. The molecule has 1 saturated carbocycles. The molecule has 5 rings (SSSR count). The van der Waals surface area contributed by atoms with Crippen molar-refractivity contribution >= 4 is 16.9 Å². The lowest BCUT2D eigenvalue weighted by Crippen LogP contribution is -2.22. The summed E-state index contributed by atoms with van der Waals surface area (Å²) in [5.74, 6) is 7.35. The molecule has 0 spiro atoms. The monoisotopic (exact) mass is 419 g/mol. The summed E-state index contributed by atoms with van der Waals surface area (Å²) < 4.78 is 4.93. The normalized spacial score (nSPS) is 14.9. The number of aromatic amines is 1. The highest BCUT2D eigenvalue weighted by Crippen LogP contribution is 2.49. The van der Waals surface area contributed by atoms with E-state index >= 15 is 0 Å². The summed E-state index contributed by atoms with van der Waals surface area (Å²) in [6, 6.07) is 24.4. The van der Waals surface area contributed by atoms with Gasteiger partial charge in [-0.15, -0.1) is 0 Å². The Morgan fingerprint density at radius 2 is 1.78 bits per heavy atom. The highest BCUT2D eigenvalue weighted by molar-refractivity contribution is 5.96. The topological polar surface area (TPSA) is 42.1 Å². The number of H-pyrrole nitrogens is 1. The molecule has 1 atom stereocenters. The molecule has 4 aromatic rings. The van der Waals surface area contributed by atoms with Crippen LogP contribution in [-0.4, -0.2) is 18.1 Å². The van der Waals surface area contributed by atoms with Gasteiger partial charge >= 0.3 is 5.97 Å². The number of rotatable bonds is 4. The SMILES string of the molecule is COC(=O)c1ccc2[nH]cc(C(C)(C#Cc3ccccc3-c3ccccc3)C3CC3)c2c1. The number of hydrogen-bond acceptors (Lipinski definition) is 2. The van der Waals surface area contributed by atoms with Gasteiger partial charge in [0.1, 0.15) is 0 Å². The average Bonchev–Trinajstić information content (AvgIpc) is 3.62. The maximum absolute atomic E-state index is 12.1. The zero-order valence-corrected chi connectivity index (χ0v) is 18.3. The van der Waals surface area contributed by atoms with Gasteiger partial charge in [-0.3, -0.25) is 0 Å². The number of aromatic nitrogens is 1. The number of methoxy groups -OCH3 is 1. The first-order valence-electron chi connectivity index (χ1n) is 11.0. The van der Waals surface area contributed by atoms with Gasteiger partial charge in [0.25, 0.3) is 0 Å². The highest BCUT2D eigenvalue weighted by Gasteiger charge is 2.43. The van der Waals surface area contributed by atoms with Crippen molar-refractivity contribution in [3.63, 3.8) is 0 Å². The van der Waals surface area contributed by atoms with E-state index in [0.29, 0.717) is 11.5 Å². The summed E-state index contributed by atoms with van der Waals surface area (Å²) in [5, 5.41) is 1.04. The van der Waals surface area contributed by atoms with E-state index in [1.54, 1.807) is 6.07 Å². The minimum Gasteiger partial charge on any atom is -0.465 e. The third-order valence-corrected chi connectivity index (χ3v) is 6.52. The fourth-order valence-corrected chi connectivity index (χ4v) is 4.50. The molecule has 3 nitrogen and oxygen atoms in total. The Morgan fingerprint density at radius 3 is 2.53 bits per heavy atom. The van der Waals surface area contributed by atoms with Gasteiger partial charge in [-0.1, -0.05) is 60.4 Å². The number of benzene rings is 3. The largest absolute Gasteiger partial charge is 0.465 e. The number of fused-ring (bicyclic) bond motifs is 1. The van der Waals surface area contributed by atoms with Crippen LogP contribution in [-0.2, 0) is 10.2 Å². The van der Waals surface area contributed by atoms with Gasteiger partial charge in [0, 0.05) is 22.7 Å². The van der Waals surface area contributed by atoms with Crippen molar-refractivity contribution in [3.05, 3.63) is 95.7 Å².